The van der Waals surface area contributed by atoms with E-state index in [1.807, 2.05) is 50.2 Å². The second-order valence-corrected chi connectivity index (χ2v) is 7.54. The molecule has 0 fully saturated rings. The number of hydrogen-bond donors (Lipinski definition) is 2. The number of anilines is 1. The number of carbonyl (C=O) groups excluding carboxylic acids is 2. The Morgan fingerprint density at radius 2 is 1.93 bits per heavy atom. The van der Waals surface area contributed by atoms with Crippen LogP contribution in [0.15, 0.2) is 48.5 Å². The zero-order chi connectivity index (χ0) is 21.4. The summed E-state index contributed by atoms with van der Waals surface area (Å²) in [4.78, 5) is 26.1. The molecule has 1 aliphatic rings. The smallest absolute Gasteiger partial charge is 0.251 e. The summed E-state index contributed by atoms with van der Waals surface area (Å²) in [6.07, 6.45) is 0. The zero-order valence-electron chi connectivity index (χ0n) is 17.4. The minimum Gasteiger partial charge on any atom is -0.497 e. The molecular weight excluding hydrogens is 380 g/mol. The summed E-state index contributed by atoms with van der Waals surface area (Å²) in [6, 6.07) is 14.1. The van der Waals surface area contributed by atoms with E-state index in [0.717, 1.165) is 22.4 Å². The lowest BCUT2D eigenvalue weighted by Gasteiger charge is -2.32. The molecular formula is C23H24N4O3. The number of hydrogen-bond acceptors (Lipinski definition) is 4. The largest absolute Gasteiger partial charge is 0.497 e. The average molecular weight is 404 g/mol. The number of benzene rings is 2. The van der Waals surface area contributed by atoms with Crippen molar-refractivity contribution in [1.82, 2.24) is 15.1 Å². The molecule has 154 valence electrons. The summed E-state index contributed by atoms with van der Waals surface area (Å²) >= 11 is 0. The average Bonchev–Trinajstić information content (AvgIpc) is 3.01. The molecule has 2 aromatic carbocycles. The molecule has 2 N–H and O–H groups in total. The van der Waals surface area contributed by atoms with Crippen LogP contribution in [0.4, 0.5) is 5.82 Å². The summed E-state index contributed by atoms with van der Waals surface area (Å²) in [7, 11) is 3.39. The van der Waals surface area contributed by atoms with Crippen LogP contribution in [0.1, 0.15) is 38.7 Å². The number of rotatable bonds is 4. The molecule has 2 amide bonds. The number of ether oxygens (including phenoxy) is 1. The Morgan fingerprint density at radius 1 is 1.17 bits per heavy atom. The first-order valence-corrected chi connectivity index (χ1v) is 9.75. The maximum atomic E-state index is 13.1. The summed E-state index contributed by atoms with van der Waals surface area (Å²) < 4.78 is 7.05. The van der Waals surface area contributed by atoms with Gasteiger partial charge in [-0.25, -0.2) is 0 Å². The van der Waals surface area contributed by atoms with Gasteiger partial charge in [-0.05, 0) is 43.7 Å². The lowest BCUT2D eigenvalue weighted by molar-refractivity contribution is -0.118. The minimum atomic E-state index is -0.791. The number of aryl methyl sites for hydroxylation is 3. The molecule has 0 spiro atoms. The first kappa shape index (κ1) is 19.7. The van der Waals surface area contributed by atoms with Crippen molar-refractivity contribution in [2.24, 2.45) is 7.05 Å². The minimum absolute atomic E-state index is 0.278. The van der Waals surface area contributed by atoms with Crippen LogP contribution >= 0.6 is 0 Å². The number of aromatic nitrogens is 2. The molecule has 2 heterocycles. The van der Waals surface area contributed by atoms with E-state index in [1.165, 1.54) is 0 Å². The maximum Gasteiger partial charge on any atom is 0.251 e. The predicted molar refractivity (Wildman–Crippen MR) is 114 cm³/mol. The fourth-order valence-corrected chi connectivity index (χ4v) is 4.06. The Balaban J connectivity index is 1.80. The van der Waals surface area contributed by atoms with Crippen LogP contribution in [0.3, 0.4) is 0 Å². The molecule has 30 heavy (non-hydrogen) atoms. The molecule has 4 rings (SSSR count). The lowest BCUT2D eigenvalue weighted by atomic mass is 9.81. The molecule has 1 aromatic heterocycles. The highest BCUT2D eigenvalue weighted by atomic mass is 16.5. The SMILES string of the molecule is COc1cccc(C2c3c(C)nn(C)c3NC(=O)C2NC(=O)c2cccc(C)c2)c1. The van der Waals surface area contributed by atoms with E-state index >= 15 is 0 Å². The van der Waals surface area contributed by atoms with E-state index in [-0.39, 0.29) is 11.8 Å². The van der Waals surface area contributed by atoms with Gasteiger partial charge in [0, 0.05) is 24.1 Å². The monoisotopic (exact) mass is 404 g/mol. The van der Waals surface area contributed by atoms with Gasteiger partial charge in [0.2, 0.25) is 5.91 Å². The van der Waals surface area contributed by atoms with E-state index in [4.69, 9.17) is 4.74 Å². The topological polar surface area (TPSA) is 85.2 Å². The number of fused-ring (bicyclic) bond motifs is 1. The second-order valence-electron chi connectivity index (χ2n) is 7.54. The van der Waals surface area contributed by atoms with Gasteiger partial charge in [-0.1, -0.05) is 29.8 Å². The van der Waals surface area contributed by atoms with Gasteiger partial charge in [-0.15, -0.1) is 0 Å². The quantitative estimate of drug-likeness (QED) is 0.700. The summed E-state index contributed by atoms with van der Waals surface area (Å²) in [5.41, 5.74) is 4.05. The van der Waals surface area contributed by atoms with Crippen molar-refractivity contribution in [3.63, 3.8) is 0 Å². The van der Waals surface area contributed by atoms with Gasteiger partial charge in [-0.2, -0.15) is 5.10 Å². The molecule has 0 bridgehead atoms. The molecule has 0 saturated heterocycles. The first-order chi connectivity index (χ1) is 14.4. The van der Waals surface area contributed by atoms with Gasteiger partial charge in [0.15, 0.2) is 0 Å². The summed E-state index contributed by atoms with van der Waals surface area (Å²) in [5, 5.41) is 10.3. The van der Waals surface area contributed by atoms with Crippen LogP contribution < -0.4 is 15.4 Å². The predicted octanol–water partition coefficient (Wildman–Crippen LogP) is 2.93. The van der Waals surface area contributed by atoms with Crippen molar-refractivity contribution in [2.45, 2.75) is 25.8 Å². The van der Waals surface area contributed by atoms with Crippen LogP contribution in [0, 0.1) is 13.8 Å². The Morgan fingerprint density at radius 3 is 2.67 bits per heavy atom. The number of amides is 2. The highest BCUT2D eigenvalue weighted by molar-refractivity contribution is 6.04. The van der Waals surface area contributed by atoms with Gasteiger partial charge in [0.05, 0.1) is 12.8 Å². The fraction of sp³-hybridized carbons (Fsp3) is 0.261. The molecule has 7 nitrogen and oxygen atoms in total. The molecule has 2 unspecified atom stereocenters. The Labute approximate surface area is 175 Å². The van der Waals surface area contributed by atoms with Crippen molar-refractivity contribution < 1.29 is 14.3 Å². The Kier molecular flexibility index (Phi) is 5.03. The van der Waals surface area contributed by atoms with Crippen molar-refractivity contribution in [1.29, 1.82) is 0 Å². The molecule has 0 aliphatic carbocycles. The third kappa shape index (κ3) is 3.43. The van der Waals surface area contributed by atoms with E-state index < -0.39 is 12.0 Å². The van der Waals surface area contributed by atoms with E-state index in [9.17, 15) is 9.59 Å². The molecule has 3 aromatic rings. The van der Waals surface area contributed by atoms with Gasteiger partial charge >= 0.3 is 0 Å². The first-order valence-electron chi connectivity index (χ1n) is 9.75. The van der Waals surface area contributed by atoms with Gasteiger partial charge < -0.3 is 15.4 Å². The van der Waals surface area contributed by atoms with Crippen LogP contribution in [-0.2, 0) is 11.8 Å². The van der Waals surface area contributed by atoms with E-state index in [2.05, 4.69) is 15.7 Å². The number of methoxy groups -OCH3 is 1. The Bertz CT molecular complexity index is 1140. The van der Waals surface area contributed by atoms with Gasteiger partial charge in [0.1, 0.15) is 17.6 Å². The molecule has 0 radical (unpaired) electrons. The van der Waals surface area contributed by atoms with Crippen molar-refractivity contribution in [3.8, 4) is 5.75 Å². The maximum absolute atomic E-state index is 13.1. The second kappa shape index (κ2) is 7.67. The zero-order valence-corrected chi connectivity index (χ0v) is 17.4. The van der Waals surface area contributed by atoms with Crippen molar-refractivity contribution >= 4 is 17.6 Å². The van der Waals surface area contributed by atoms with Crippen LogP contribution in [0.25, 0.3) is 0 Å². The fourth-order valence-electron chi connectivity index (χ4n) is 4.06. The van der Waals surface area contributed by atoms with Crippen molar-refractivity contribution in [3.05, 3.63) is 76.5 Å². The highest BCUT2D eigenvalue weighted by Gasteiger charge is 2.41. The summed E-state index contributed by atoms with van der Waals surface area (Å²) in [6.45, 7) is 3.83. The molecule has 1 aliphatic heterocycles. The van der Waals surface area contributed by atoms with E-state index in [1.54, 1.807) is 31.0 Å². The molecule has 7 heteroatoms. The van der Waals surface area contributed by atoms with Gasteiger partial charge in [-0.3, -0.25) is 14.3 Å². The van der Waals surface area contributed by atoms with Crippen LogP contribution in [0.5, 0.6) is 5.75 Å². The number of carbonyl (C=O) groups is 2. The Hall–Kier alpha value is -3.61. The lowest BCUT2D eigenvalue weighted by Crippen LogP contribution is -2.50. The van der Waals surface area contributed by atoms with Crippen LogP contribution in [0.2, 0.25) is 0 Å². The van der Waals surface area contributed by atoms with Gasteiger partial charge in [0.25, 0.3) is 5.91 Å². The third-order valence-corrected chi connectivity index (χ3v) is 5.46. The molecule has 0 saturated carbocycles. The molecule has 2 atom stereocenters. The highest BCUT2D eigenvalue weighted by Crippen LogP contribution is 2.40. The summed E-state index contributed by atoms with van der Waals surface area (Å²) in [5.74, 6) is 0.360. The number of nitrogens with one attached hydrogen (secondary N) is 2. The van der Waals surface area contributed by atoms with Crippen molar-refractivity contribution in [2.75, 3.05) is 12.4 Å². The van der Waals surface area contributed by atoms with Crippen LogP contribution in [-0.4, -0.2) is 34.7 Å². The third-order valence-electron chi connectivity index (χ3n) is 5.46. The van der Waals surface area contributed by atoms with E-state index in [0.29, 0.717) is 17.1 Å². The number of nitrogens with zero attached hydrogens (tertiary/aromatic N) is 2. The normalized spacial score (nSPS) is 17.8. The standard InChI is InChI=1S/C23H24N4O3/c1-13-7-5-9-16(11-13)22(28)24-20-19(15-8-6-10-17(12-15)30-4)18-14(2)26-27(3)21(18)25-23(20)29/h5-12,19-20H,1-4H3,(H,24,28)(H,25,29).